The fourth-order valence-corrected chi connectivity index (χ4v) is 3.78. The minimum absolute atomic E-state index is 0.172. The van der Waals surface area contributed by atoms with Gasteiger partial charge >= 0.3 is 5.97 Å². The van der Waals surface area contributed by atoms with Crippen LogP contribution < -0.4 is 5.32 Å². The Bertz CT molecular complexity index is 542. The lowest BCUT2D eigenvalue weighted by Gasteiger charge is -2.50. The van der Waals surface area contributed by atoms with E-state index < -0.39 is 28.9 Å². The number of fused-ring (bicyclic) bond motifs is 1. The molecule has 3 aliphatic rings. The van der Waals surface area contributed by atoms with Crippen LogP contribution in [0.1, 0.15) is 32.6 Å². The number of carbonyl (C=O) groups excluding carboxylic acids is 3. The molecule has 0 radical (unpaired) electrons. The van der Waals surface area contributed by atoms with Gasteiger partial charge in [0, 0.05) is 12.5 Å². The van der Waals surface area contributed by atoms with Crippen LogP contribution in [0.25, 0.3) is 0 Å². The van der Waals surface area contributed by atoms with Crippen molar-refractivity contribution in [2.24, 2.45) is 11.8 Å². The molecule has 6 nitrogen and oxygen atoms in total. The molecule has 0 spiro atoms. The second-order valence-electron chi connectivity index (χ2n) is 6.13. The summed E-state index contributed by atoms with van der Waals surface area (Å²) in [5.74, 6) is -2.41. The number of aliphatic hydroxyl groups excluding tert-OH is 1. The number of nitrogens with one attached hydrogen (secondary N) is 1. The predicted molar refractivity (Wildman–Crippen MR) is 72.1 cm³/mol. The number of ketones is 1. The number of amides is 1. The van der Waals surface area contributed by atoms with E-state index in [-0.39, 0.29) is 24.7 Å². The molecule has 1 unspecified atom stereocenters. The van der Waals surface area contributed by atoms with E-state index in [1.807, 2.05) is 12.2 Å². The molecule has 2 fully saturated rings. The van der Waals surface area contributed by atoms with Crippen molar-refractivity contribution >= 4 is 17.7 Å². The number of ether oxygens (including phenoxy) is 1. The van der Waals surface area contributed by atoms with Crippen molar-refractivity contribution in [1.29, 1.82) is 0 Å². The van der Waals surface area contributed by atoms with Crippen LogP contribution >= 0.6 is 0 Å². The molecule has 2 aliphatic heterocycles. The van der Waals surface area contributed by atoms with Gasteiger partial charge in [0.2, 0.25) is 11.4 Å². The summed E-state index contributed by atoms with van der Waals surface area (Å²) in [6, 6.07) is 0. The van der Waals surface area contributed by atoms with E-state index in [0.29, 0.717) is 6.42 Å². The molecule has 1 aliphatic carbocycles. The minimum Gasteiger partial charge on any atom is -0.453 e. The molecule has 0 bridgehead atoms. The number of carbonyl (C=O) groups is 3. The molecule has 0 aromatic carbocycles. The van der Waals surface area contributed by atoms with Gasteiger partial charge in [-0.15, -0.1) is 0 Å². The average molecular weight is 293 g/mol. The molecule has 2 heterocycles. The number of rotatable bonds is 4. The molecule has 6 heteroatoms. The Morgan fingerprint density at radius 3 is 2.86 bits per heavy atom. The first-order chi connectivity index (χ1) is 9.97. The average Bonchev–Trinajstić information content (AvgIpc) is 2.65. The third-order valence-electron chi connectivity index (χ3n) is 5.03. The lowest BCUT2D eigenvalue weighted by molar-refractivity contribution is -0.219. The fourth-order valence-electron chi connectivity index (χ4n) is 3.78. The highest BCUT2D eigenvalue weighted by atomic mass is 16.6. The van der Waals surface area contributed by atoms with Gasteiger partial charge in [0.05, 0.1) is 5.92 Å². The standard InChI is InChI=1S/C15H19NO5/c1-14-10(7-8-17)12(19)16-15(14,13(20)21-14)11(18)9-5-3-2-4-6-9/h3,5,9-10,17H,2,4,6-8H2,1H3,(H,16,19)/t9-,10?,14+,15+/m1/s1. The number of aliphatic hydroxyl groups is 1. The number of hydrogen-bond donors (Lipinski definition) is 2. The van der Waals surface area contributed by atoms with Gasteiger partial charge in [-0.25, -0.2) is 4.79 Å². The van der Waals surface area contributed by atoms with Crippen LogP contribution in [0.3, 0.4) is 0 Å². The summed E-state index contributed by atoms with van der Waals surface area (Å²) in [7, 11) is 0. The first-order valence-electron chi connectivity index (χ1n) is 7.34. The Hall–Kier alpha value is -1.69. The van der Waals surface area contributed by atoms with Gasteiger partial charge < -0.3 is 15.2 Å². The first-order valence-corrected chi connectivity index (χ1v) is 7.34. The SMILES string of the molecule is C[C@@]12OC(=O)[C@]1(C(=O)[C@@H]1C=CCCC1)NC(=O)C2CCO. The van der Waals surface area contributed by atoms with Gasteiger partial charge in [0.25, 0.3) is 0 Å². The first kappa shape index (κ1) is 14.3. The van der Waals surface area contributed by atoms with Gasteiger partial charge in [-0.05, 0) is 32.6 Å². The maximum absolute atomic E-state index is 12.9. The molecule has 2 N–H and O–H groups in total. The summed E-state index contributed by atoms with van der Waals surface area (Å²) < 4.78 is 5.22. The Kier molecular flexibility index (Phi) is 3.16. The third kappa shape index (κ3) is 1.65. The maximum atomic E-state index is 12.9. The maximum Gasteiger partial charge on any atom is 0.344 e. The molecule has 4 atom stereocenters. The monoisotopic (exact) mass is 293 g/mol. The quantitative estimate of drug-likeness (QED) is 0.435. The summed E-state index contributed by atoms with van der Waals surface area (Å²) in [4.78, 5) is 37.1. The Balaban J connectivity index is 1.96. The minimum atomic E-state index is -1.57. The molecular weight excluding hydrogens is 274 g/mol. The van der Waals surface area contributed by atoms with Crippen molar-refractivity contribution in [3.63, 3.8) is 0 Å². The number of esters is 1. The second kappa shape index (κ2) is 4.66. The third-order valence-corrected chi connectivity index (χ3v) is 5.03. The van der Waals surface area contributed by atoms with Crippen molar-refractivity contribution in [3.8, 4) is 0 Å². The second-order valence-corrected chi connectivity index (χ2v) is 6.13. The number of hydrogen-bond acceptors (Lipinski definition) is 5. The molecule has 114 valence electrons. The zero-order valence-corrected chi connectivity index (χ0v) is 11.9. The van der Waals surface area contributed by atoms with Crippen LogP contribution in [-0.2, 0) is 19.1 Å². The van der Waals surface area contributed by atoms with Crippen LogP contribution in [0, 0.1) is 11.8 Å². The van der Waals surface area contributed by atoms with E-state index in [1.165, 1.54) is 0 Å². The van der Waals surface area contributed by atoms with Crippen LogP contribution in [0.4, 0.5) is 0 Å². The van der Waals surface area contributed by atoms with E-state index in [4.69, 9.17) is 9.84 Å². The summed E-state index contributed by atoms with van der Waals surface area (Å²) in [5.41, 5.74) is -2.76. The van der Waals surface area contributed by atoms with E-state index >= 15 is 0 Å². The van der Waals surface area contributed by atoms with Crippen LogP contribution in [0.2, 0.25) is 0 Å². The topological polar surface area (TPSA) is 92.7 Å². The van der Waals surface area contributed by atoms with Crippen LogP contribution in [0.5, 0.6) is 0 Å². The highest BCUT2D eigenvalue weighted by Gasteiger charge is 2.79. The lowest BCUT2D eigenvalue weighted by atomic mass is 9.65. The van der Waals surface area contributed by atoms with Gasteiger partial charge in [0.1, 0.15) is 0 Å². The molecule has 0 aromatic rings. The van der Waals surface area contributed by atoms with Crippen molar-refractivity contribution in [2.45, 2.75) is 43.7 Å². The molecule has 3 rings (SSSR count). The molecule has 0 aromatic heterocycles. The largest absolute Gasteiger partial charge is 0.453 e. The number of allylic oxidation sites excluding steroid dienone is 2. The van der Waals surface area contributed by atoms with Gasteiger partial charge in [0.15, 0.2) is 11.4 Å². The highest BCUT2D eigenvalue weighted by Crippen LogP contribution is 2.51. The van der Waals surface area contributed by atoms with Gasteiger partial charge in [-0.1, -0.05) is 12.2 Å². The molecular formula is C15H19NO5. The fraction of sp³-hybridized carbons (Fsp3) is 0.667. The van der Waals surface area contributed by atoms with Gasteiger partial charge in [-0.2, -0.15) is 0 Å². The summed E-state index contributed by atoms with van der Waals surface area (Å²) in [6.07, 6.45) is 6.43. The van der Waals surface area contributed by atoms with E-state index in [0.717, 1.165) is 12.8 Å². The Morgan fingerprint density at radius 2 is 2.29 bits per heavy atom. The highest BCUT2D eigenvalue weighted by molar-refractivity contribution is 6.20. The molecule has 21 heavy (non-hydrogen) atoms. The van der Waals surface area contributed by atoms with Crippen LogP contribution in [0.15, 0.2) is 12.2 Å². The van der Waals surface area contributed by atoms with E-state index in [2.05, 4.69) is 5.32 Å². The van der Waals surface area contributed by atoms with E-state index in [9.17, 15) is 14.4 Å². The van der Waals surface area contributed by atoms with Gasteiger partial charge in [-0.3, -0.25) is 9.59 Å². The molecule has 2 saturated heterocycles. The van der Waals surface area contributed by atoms with Crippen molar-refractivity contribution in [3.05, 3.63) is 12.2 Å². The predicted octanol–water partition coefficient (Wildman–Crippen LogP) is 0.0945. The Labute approximate surface area is 122 Å². The van der Waals surface area contributed by atoms with Crippen molar-refractivity contribution in [2.75, 3.05) is 6.61 Å². The normalized spacial score (nSPS) is 41.0. The number of Topliss-reactive ketones (excluding diaryl/α,β-unsaturated/α-hetero) is 1. The van der Waals surface area contributed by atoms with Crippen LogP contribution in [-0.4, -0.2) is 40.5 Å². The van der Waals surface area contributed by atoms with Crippen molar-refractivity contribution < 1.29 is 24.2 Å². The Morgan fingerprint density at radius 1 is 1.52 bits per heavy atom. The zero-order valence-electron chi connectivity index (χ0n) is 11.9. The van der Waals surface area contributed by atoms with Crippen molar-refractivity contribution in [1.82, 2.24) is 5.32 Å². The lowest BCUT2D eigenvalue weighted by Crippen LogP contribution is -2.78. The molecule has 0 saturated carbocycles. The summed E-state index contributed by atoms with van der Waals surface area (Å²) in [6.45, 7) is 1.41. The van der Waals surface area contributed by atoms with E-state index in [1.54, 1.807) is 6.92 Å². The summed E-state index contributed by atoms with van der Waals surface area (Å²) >= 11 is 0. The smallest absolute Gasteiger partial charge is 0.344 e. The summed E-state index contributed by atoms with van der Waals surface area (Å²) in [5, 5.41) is 11.7. The molecule has 1 amide bonds. The zero-order chi connectivity index (χ0) is 15.3.